The van der Waals surface area contributed by atoms with Gasteiger partial charge in [0.15, 0.2) is 0 Å². The van der Waals surface area contributed by atoms with Gasteiger partial charge in [-0.15, -0.1) is 0 Å². The molecule has 0 aliphatic rings. The van der Waals surface area contributed by atoms with Gasteiger partial charge in [-0.3, -0.25) is 4.98 Å². The van der Waals surface area contributed by atoms with Crippen molar-refractivity contribution in [2.45, 2.75) is 18.4 Å². The molecular weight excluding hydrogens is 326 g/mol. The molecule has 0 fully saturated rings. The molecule has 0 N–H and O–H groups in total. The predicted molar refractivity (Wildman–Crippen MR) is 105 cm³/mol. The normalized spacial score (nSPS) is 11.1. The summed E-state index contributed by atoms with van der Waals surface area (Å²) in [6.07, 6.45) is 3.94. The Bertz CT molecular complexity index is 978. The molecule has 0 unspecified atom stereocenters. The number of hydrogen-bond donors (Lipinski definition) is 0. The molecular formula is C21H19N3S. The van der Waals surface area contributed by atoms with Crippen molar-refractivity contribution in [1.82, 2.24) is 14.4 Å². The summed E-state index contributed by atoms with van der Waals surface area (Å²) in [6.45, 7) is 2.10. The monoisotopic (exact) mass is 345 g/mol. The molecule has 0 amide bonds. The minimum Gasteiger partial charge on any atom is -0.302 e. The molecule has 25 heavy (non-hydrogen) atoms. The van der Waals surface area contributed by atoms with E-state index >= 15 is 0 Å². The lowest BCUT2D eigenvalue weighted by Crippen LogP contribution is -1.94. The fourth-order valence-electron chi connectivity index (χ4n) is 2.88. The number of nitrogens with zero attached hydrogens (tertiary/aromatic N) is 3. The van der Waals surface area contributed by atoms with Crippen molar-refractivity contribution in [2.75, 3.05) is 0 Å². The fourth-order valence-corrected chi connectivity index (χ4v) is 3.88. The number of aryl methyl sites for hydroxylation is 1. The van der Waals surface area contributed by atoms with Crippen LogP contribution in [0, 0.1) is 6.92 Å². The maximum absolute atomic E-state index is 4.86. The Morgan fingerprint density at radius 2 is 1.80 bits per heavy atom. The first-order valence-corrected chi connectivity index (χ1v) is 9.47. The third kappa shape index (κ3) is 3.44. The molecule has 0 saturated carbocycles. The first kappa shape index (κ1) is 15.9. The van der Waals surface area contributed by atoms with Crippen LogP contribution < -0.4 is 0 Å². The summed E-state index contributed by atoms with van der Waals surface area (Å²) in [4.78, 5) is 9.37. The highest BCUT2D eigenvalue weighted by atomic mass is 32.2. The summed E-state index contributed by atoms with van der Waals surface area (Å²) < 4.78 is 2.19. The molecule has 124 valence electrons. The summed E-state index contributed by atoms with van der Waals surface area (Å²) in [6, 6.07) is 20.8. The summed E-state index contributed by atoms with van der Waals surface area (Å²) in [5, 5.41) is 0. The van der Waals surface area contributed by atoms with E-state index in [-0.39, 0.29) is 0 Å². The number of benzene rings is 1. The van der Waals surface area contributed by atoms with Crippen LogP contribution in [0.5, 0.6) is 0 Å². The van der Waals surface area contributed by atoms with Gasteiger partial charge in [0.1, 0.15) is 11.3 Å². The van der Waals surface area contributed by atoms with E-state index < -0.39 is 0 Å². The van der Waals surface area contributed by atoms with Gasteiger partial charge in [-0.2, -0.15) is 11.8 Å². The summed E-state index contributed by atoms with van der Waals surface area (Å²) >= 11 is 1.90. The van der Waals surface area contributed by atoms with Crippen molar-refractivity contribution in [3.63, 3.8) is 0 Å². The lowest BCUT2D eigenvalue weighted by atomic mass is 10.2. The molecule has 0 spiro atoms. The zero-order valence-corrected chi connectivity index (χ0v) is 14.9. The van der Waals surface area contributed by atoms with Crippen LogP contribution in [0.2, 0.25) is 0 Å². The molecule has 4 aromatic rings. The van der Waals surface area contributed by atoms with Crippen LogP contribution in [-0.2, 0) is 11.5 Å². The van der Waals surface area contributed by atoms with Crippen LogP contribution in [0.3, 0.4) is 0 Å². The first-order valence-electron chi connectivity index (χ1n) is 8.32. The highest BCUT2D eigenvalue weighted by molar-refractivity contribution is 7.97. The Labute approximate surface area is 151 Å². The van der Waals surface area contributed by atoms with E-state index in [1.807, 2.05) is 36.2 Å². The van der Waals surface area contributed by atoms with E-state index in [0.717, 1.165) is 28.5 Å². The van der Waals surface area contributed by atoms with Gasteiger partial charge in [0, 0.05) is 23.9 Å². The molecule has 3 aromatic heterocycles. The Hall–Kier alpha value is -2.59. The van der Waals surface area contributed by atoms with Crippen LogP contribution >= 0.6 is 11.8 Å². The molecule has 0 aliphatic carbocycles. The number of rotatable bonds is 5. The zero-order chi connectivity index (χ0) is 17.1. The van der Waals surface area contributed by atoms with Gasteiger partial charge in [-0.05, 0) is 42.3 Å². The molecule has 0 bridgehead atoms. The predicted octanol–water partition coefficient (Wildman–Crippen LogP) is 5.14. The van der Waals surface area contributed by atoms with Crippen LogP contribution in [-0.4, -0.2) is 14.4 Å². The molecule has 3 heterocycles. The van der Waals surface area contributed by atoms with Crippen LogP contribution in [0.25, 0.3) is 17.0 Å². The topological polar surface area (TPSA) is 30.2 Å². The van der Waals surface area contributed by atoms with Crippen molar-refractivity contribution in [3.05, 3.63) is 89.9 Å². The van der Waals surface area contributed by atoms with Crippen molar-refractivity contribution >= 4 is 17.4 Å². The second-order valence-electron chi connectivity index (χ2n) is 6.03. The highest BCUT2D eigenvalue weighted by Crippen LogP contribution is 2.28. The summed E-state index contributed by atoms with van der Waals surface area (Å²) in [5.74, 6) is 1.88. The lowest BCUT2D eigenvalue weighted by molar-refractivity contribution is 1.08. The minimum atomic E-state index is 0.894. The number of fused-ring (bicyclic) bond motifs is 1. The maximum Gasteiger partial charge on any atom is 0.138 e. The Morgan fingerprint density at radius 1 is 0.960 bits per heavy atom. The summed E-state index contributed by atoms with van der Waals surface area (Å²) in [5.41, 5.74) is 6.65. The maximum atomic E-state index is 4.86. The average molecular weight is 345 g/mol. The molecule has 0 saturated heterocycles. The Morgan fingerprint density at radius 3 is 2.60 bits per heavy atom. The number of imidazole rings is 1. The third-order valence-corrected chi connectivity index (χ3v) is 5.15. The van der Waals surface area contributed by atoms with E-state index in [2.05, 4.69) is 65.0 Å². The van der Waals surface area contributed by atoms with Gasteiger partial charge in [0.05, 0.1) is 11.4 Å². The zero-order valence-electron chi connectivity index (χ0n) is 14.1. The van der Waals surface area contributed by atoms with Crippen molar-refractivity contribution in [1.29, 1.82) is 0 Å². The number of hydrogen-bond acceptors (Lipinski definition) is 3. The smallest absolute Gasteiger partial charge is 0.138 e. The van der Waals surface area contributed by atoms with E-state index in [9.17, 15) is 0 Å². The Balaban J connectivity index is 1.68. The largest absolute Gasteiger partial charge is 0.302 e. The minimum absolute atomic E-state index is 0.894. The second kappa shape index (κ2) is 7.11. The van der Waals surface area contributed by atoms with Gasteiger partial charge in [-0.1, -0.05) is 36.4 Å². The second-order valence-corrected chi connectivity index (χ2v) is 7.02. The van der Waals surface area contributed by atoms with Crippen LogP contribution in [0.1, 0.15) is 16.8 Å². The van der Waals surface area contributed by atoms with Gasteiger partial charge < -0.3 is 4.40 Å². The van der Waals surface area contributed by atoms with Crippen LogP contribution in [0.4, 0.5) is 0 Å². The molecule has 0 aliphatic heterocycles. The van der Waals surface area contributed by atoms with Gasteiger partial charge in [-0.25, -0.2) is 4.98 Å². The molecule has 4 heteroatoms. The van der Waals surface area contributed by atoms with Crippen LogP contribution in [0.15, 0.2) is 73.1 Å². The fraction of sp³-hybridized carbons (Fsp3) is 0.143. The number of aromatic nitrogens is 3. The average Bonchev–Trinajstić information content (AvgIpc) is 3.01. The molecule has 0 radical (unpaired) electrons. The lowest BCUT2D eigenvalue weighted by Gasteiger charge is -2.06. The molecule has 3 nitrogen and oxygen atoms in total. The Kier molecular flexibility index (Phi) is 4.53. The van der Waals surface area contributed by atoms with E-state index in [1.165, 1.54) is 16.8 Å². The number of thioether (sulfide) groups is 1. The first-order chi connectivity index (χ1) is 12.3. The van der Waals surface area contributed by atoms with Crippen molar-refractivity contribution in [3.8, 4) is 11.4 Å². The van der Waals surface area contributed by atoms with Crippen molar-refractivity contribution < 1.29 is 0 Å². The standard InChI is InChI=1S/C21H19N3S/c1-16-10-12-24-19(15-25-14-17-7-3-2-4-8-17)21(23-20(24)13-16)18-9-5-6-11-22-18/h2-13H,14-15H2,1H3. The SMILES string of the molecule is Cc1ccn2c(CSCc3ccccc3)c(-c3ccccn3)nc2c1. The van der Waals surface area contributed by atoms with E-state index in [1.54, 1.807) is 0 Å². The van der Waals surface area contributed by atoms with Gasteiger partial charge in [0.25, 0.3) is 0 Å². The molecule has 0 atom stereocenters. The van der Waals surface area contributed by atoms with E-state index in [4.69, 9.17) is 4.98 Å². The highest BCUT2D eigenvalue weighted by Gasteiger charge is 2.15. The third-order valence-electron chi connectivity index (χ3n) is 4.14. The van der Waals surface area contributed by atoms with Crippen molar-refractivity contribution in [2.24, 2.45) is 0 Å². The number of pyridine rings is 2. The van der Waals surface area contributed by atoms with E-state index in [0.29, 0.717) is 0 Å². The quantitative estimate of drug-likeness (QED) is 0.502. The van der Waals surface area contributed by atoms with Gasteiger partial charge >= 0.3 is 0 Å². The summed E-state index contributed by atoms with van der Waals surface area (Å²) in [7, 11) is 0. The van der Waals surface area contributed by atoms with Gasteiger partial charge in [0.2, 0.25) is 0 Å². The molecule has 4 rings (SSSR count). The molecule has 1 aromatic carbocycles.